The molecule has 1 unspecified atom stereocenters. The van der Waals surface area contributed by atoms with Gasteiger partial charge in [0.2, 0.25) is 5.95 Å². The number of nitrogens with zero attached hydrogens (tertiary/aromatic N) is 2. The van der Waals surface area contributed by atoms with Gasteiger partial charge < -0.3 is 19.4 Å². The SMILES string of the molecule is COCCCNc1nccn1CC1CCCCO1. The van der Waals surface area contributed by atoms with Crippen molar-refractivity contribution in [2.45, 2.75) is 38.3 Å². The van der Waals surface area contributed by atoms with E-state index >= 15 is 0 Å². The summed E-state index contributed by atoms with van der Waals surface area (Å²) >= 11 is 0. The number of nitrogens with one attached hydrogen (secondary N) is 1. The molecule has 5 nitrogen and oxygen atoms in total. The van der Waals surface area contributed by atoms with Gasteiger partial charge in [-0.2, -0.15) is 0 Å². The average molecular weight is 253 g/mol. The Morgan fingerprint density at radius 2 is 2.50 bits per heavy atom. The standard InChI is InChI=1S/C13H23N3O2/c1-17-9-4-6-14-13-15-7-8-16(13)11-12-5-2-3-10-18-12/h7-8,12H,2-6,9-11H2,1H3,(H,14,15). The molecule has 2 heterocycles. The molecule has 0 spiro atoms. The molecule has 5 heteroatoms. The van der Waals surface area contributed by atoms with Crippen LogP contribution in [-0.4, -0.2) is 42.5 Å². The molecule has 1 N–H and O–H groups in total. The maximum absolute atomic E-state index is 5.75. The Labute approximate surface area is 108 Å². The molecule has 1 aliphatic heterocycles. The van der Waals surface area contributed by atoms with E-state index in [2.05, 4.69) is 14.9 Å². The predicted octanol–water partition coefficient (Wildman–Crippen LogP) is 1.90. The molecule has 0 amide bonds. The van der Waals surface area contributed by atoms with Crippen molar-refractivity contribution in [1.29, 1.82) is 0 Å². The van der Waals surface area contributed by atoms with Crippen molar-refractivity contribution in [2.24, 2.45) is 0 Å². The van der Waals surface area contributed by atoms with Gasteiger partial charge in [0.1, 0.15) is 0 Å². The van der Waals surface area contributed by atoms with Gasteiger partial charge in [0, 0.05) is 39.3 Å². The molecule has 0 aromatic carbocycles. The van der Waals surface area contributed by atoms with Gasteiger partial charge in [-0.25, -0.2) is 4.98 Å². The second-order valence-corrected chi connectivity index (χ2v) is 4.66. The Balaban J connectivity index is 1.79. The van der Waals surface area contributed by atoms with E-state index in [1.165, 1.54) is 12.8 Å². The normalized spacial score (nSPS) is 19.9. The zero-order chi connectivity index (χ0) is 12.6. The quantitative estimate of drug-likeness (QED) is 0.754. The van der Waals surface area contributed by atoms with Crippen LogP contribution in [0.15, 0.2) is 12.4 Å². The van der Waals surface area contributed by atoms with E-state index in [0.717, 1.165) is 45.1 Å². The van der Waals surface area contributed by atoms with E-state index in [-0.39, 0.29) is 0 Å². The lowest BCUT2D eigenvalue weighted by molar-refractivity contribution is 0.00629. The van der Waals surface area contributed by atoms with Gasteiger partial charge in [-0.15, -0.1) is 0 Å². The van der Waals surface area contributed by atoms with E-state index in [9.17, 15) is 0 Å². The molecular weight excluding hydrogens is 230 g/mol. The van der Waals surface area contributed by atoms with Crippen LogP contribution in [0, 0.1) is 0 Å². The van der Waals surface area contributed by atoms with Crippen molar-refractivity contribution >= 4 is 5.95 Å². The topological polar surface area (TPSA) is 48.3 Å². The highest BCUT2D eigenvalue weighted by atomic mass is 16.5. The minimum absolute atomic E-state index is 0.340. The number of methoxy groups -OCH3 is 1. The van der Waals surface area contributed by atoms with Gasteiger partial charge in [0.15, 0.2) is 0 Å². The highest BCUT2D eigenvalue weighted by molar-refractivity contribution is 5.25. The summed E-state index contributed by atoms with van der Waals surface area (Å²) in [7, 11) is 1.72. The second kappa shape index (κ2) is 7.38. The molecular formula is C13H23N3O2. The molecule has 1 aromatic heterocycles. The number of imidazole rings is 1. The lowest BCUT2D eigenvalue weighted by Crippen LogP contribution is -2.25. The smallest absolute Gasteiger partial charge is 0.202 e. The van der Waals surface area contributed by atoms with Crippen molar-refractivity contribution in [2.75, 3.05) is 32.2 Å². The fraction of sp³-hybridized carbons (Fsp3) is 0.769. The average Bonchev–Trinajstić information content (AvgIpc) is 2.83. The molecule has 0 aliphatic carbocycles. The number of hydrogen-bond donors (Lipinski definition) is 1. The largest absolute Gasteiger partial charge is 0.385 e. The molecule has 18 heavy (non-hydrogen) atoms. The first-order valence-corrected chi connectivity index (χ1v) is 6.75. The van der Waals surface area contributed by atoms with Crippen LogP contribution in [-0.2, 0) is 16.0 Å². The van der Waals surface area contributed by atoms with Crippen LogP contribution in [0.3, 0.4) is 0 Å². The molecule has 1 atom stereocenters. The molecule has 1 aliphatic rings. The number of rotatable bonds is 7. The van der Waals surface area contributed by atoms with Crippen LogP contribution in [0.1, 0.15) is 25.7 Å². The van der Waals surface area contributed by atoms with Gasteiger partial charge >= 0.3 is 0 Å². The maximum Gasteiger partial charge on any atom is 0.202 e. The van der Waals surface area contributed by atoms with Gasteiger partial charge in [0.25, 0.3) is 0 Å². The minimum atomic E-state index is 0.340. The Hall–Kier alpha value is -1.07. The molecule has 1 saturated heterocycles. The Kier molecular flexibility index (Phi) is 5.48. The Bertz CT molecular complexity index is 335. The first-order chi connectivity index (χ1) is 8.90. The Morgan fingerprint density at radius 3 is 3.28 bits per heavy atom. The maximum atomic E-state index is 5.75. The fourth-order valence-electron chi connectivity index (χ4n) is 2.21. The van der Waals surface area contributed by atoms with Crippen LogP contribution in [0.25, 0.3) is 0 Å². The summed E-state index contributed by atoms with van der Waals surface area (Å²) in [6.07, 6.45) is 8.80. The molecule has 0 saturated carbocycles. The first kappa shape index (κ1) is 13.4. The molecule has 2 rings (SSSR count). The summed E-state index contributed by atoms with van der Waals surface area (Å²) in [4.78, 5) is 4.33. The van der Waals surface area contributed by atoms with E-state index < -0.39 is 0 Å². The van der Waals surface area contributed by atoms with Gasteiger partial charge in [-0.05, 0) is 25.7 Å². The summed E-state index contributed by atoms with van der Waals surface area (Å²) in [5.74, 6) is 0.931. The highest BCUT2D eigenvalue weighted by Crippen LogP contribution is 2.16. The lowest BCUT2D eigenvalue weighted by atomic mass is 10.1. The van der Waals surface area contributed by atoms with Crippen molar-refractivity contribution in [3.05, 3.63) is 12.4 Å². The summed E-state index contributed by atoms with van der Waals surface area (Å²) < 4.78 is 12.9. The predicted molar refractivity (Wildman–Crippen MR) is 70.8 cm³/mol. The van der Waals surface area contributed by atoms with Crippen molar-refractivity contribution < 1.29 is 9.47 Å². The van der Waals surface area contributed by atoms with Gasteiger partial charge in [-0.1, -0.05) is 0 Å². The number of aromatic nitrogens is 2. The number of ether oxygens (including phenoxy) is 2. The van der Waals surface area contributed by atoms with Crippen molar-refractivity contribution in [3.8, 4) is 0 Å². The van der Waals surface area contributed by atoms with Gasteiger partial charge in [0.05, 0.1) is 12.6 Å². The summed E-state index contributed by atoms with van der Waals surface area (Å²) in [6, 6.07) is 0. The van der Waals surface area contributed by atoms with E-state index in [4.69, 9.17) is 9.47 Å². The fourth-order valence-corrected chi connectivity index (χ4v) is 2.21. The number of hydrogen-bond acceptors (Lipinski definition) is 4. The molecule has 0 bridgehead atoms. The van der Waals surface area contributed by atoms with Crippen LogP contribution in [0.2, 0.25) is 0 Å². The van der Waals surface area contributed by atoms with Crippen LogP contribution in [0.5, 0.6) is 0 Å². The third-order valence-corrected chi connectivity index (χ3v) is 3.20. The molecule has 102 valence electrons. The van der Waals surface area contributed by atoms with E-state index in [0.29, 0.717) is 6.10 Å². The molecule has 0 radical (unpaired) electrons. The third-order valence-electron chi connectivity index (χ3n) is 3.20. The molecule has 1 fully saturated rings. The first-order valence-electron chi connectivity index (χ1n) is 6.75. The summed E-state index contributed by atoms with van der Waals surface area (Å²) in [5, 5.41) is 3.33. The summed E-state index contributed by atoms with van der Waals surface area (Å²) in [6.45, 7) is 3.46. The highest BCUT2D eigenvalue weighted by Gasteiger charge is 2.15. The van der Waals surface area contributed by atoms with Crippen molar-refractivity contribution in [1.82, 2.24) is 9.55 Å². The van der Waals surface area contributed by atoms with Crippen LogP contribution >= 0.6 is 0 Å². The molecule has 1 aromatic rings. The van der Waals surface area contributed by atoms with E-state index in [1.54, 1.807) is 7.11 Å². The number of anilines is 1. The second-order valence-electron chi connectivity index (χ2n) is 4.66. The van der Waals surface area contributed by atoms with Gasteiger partial charge in [-0.3, -0.25) is 0 Å². The zero-order valence-corrected chi connectivity index (χ0v) is 11.1. The minimum Gasteiger partial charge on any atom is -0.385 e. The van der Waals surface area contributed by atoms with Crippen LogP contribution in [0.4, 0.5) is 5.95 Å². The van der Waals surface area contributed by atoms with Crippen LogP contribution < -0.4 is 5.32 Å². The van der Waals surface area contributed by atoms with E-state index in [1.807, 2.05) is 12.4 Å². The Morgan fingerprint density at radius 1 is 1.56 bits per heavy atom. The lowest BCUT2D eigenvalue weighted by Gasteiger charge is -2.23. The third kappa shape index (κ3) is 3.99. The van der Waals surface area contributed by atoms with Crippen molar-refractivity contribution in [3.63, 3.8) is 0 Å². The summed E-state index contributed by atoms with van der Waals surface area (Å²) in [5.41, 5.74) is 0. The monoisotopic (exact) mass is 253 g/mol. The zero-order valence-electron chi connectivity index (χ0n) is 11.1.